The Morgan fingerprint density at radius 3 is 2.89 bits per heavy atom. The summed E-state index contributed by atoms with van der Waals surface area (Å²) in [5.41, 5.74) is 7.56. The molecule has 0 radical (unpaired) electrons. The molecule has 0 aromatic heterocycles. The van der Waals surface area contributed by atoms with E-state index in [0.717, 1.165) is 30.8 Å². The molecule has 2 unspecified atom stereocenters. The van der Waals surface area contributed by atoms with E-state index >= 15 is 0 Å². The van der Waals surface area contributed by atoms with Gasteiger partial charge in [-0.15, -0.1) is 0 Å². The number of aliphatic hydroxyl groups excluding tert-OH is 1. The highest BCUT2D eigenvalue weighted by Gasteiger charge is 2.27. The summed E-state index contributed by atoms with van der Waals surface area (Å²) in [4.78, 5) is 2.57. The third kappa shape index (κ3) is 2.76. The highest BCUT2D eigenvalue weighted by molar-refractivity contribution is 7.80. The molecule has 0 aliphatic carbocycles. The van der Waals surface area contributed by atoms with Gasteiger partial charge < -0.3 is 15.7 Å². The van der Waals surface area contributed by atoms with Gasteiger partial charge in [0.2, 0.25) is 0 Å². The number of nitrogens with two attached hydrogens (primary N) is 1. The van der Waals surface area contributed by atoms with Crippen molar-refractivity contribution in [2.24, 2.45) is 11.7 Å². The van der Waals surface area contributed by atoms with Gasteiger partial charge in [0.05, 0.1) is 6.10 Å². The maximum Gasteiger partial charge on any atom is 0.106 e. The van der Waals surface area contributed by atoms with Crippen LogP contribution in [0, 0.1) is 5.92 Å². The van der Waals surface area contributed by atoms with E-state index in [2.05, 4.69) is 4.90 Å². The van der Waals surface area contributed by atoms with E-state index in [0.29, 0.717) is 15.9 Å². The van der Waals surface area contributed by atoms with Crippen LogP contribution in [-0.4, -0.2) is 29.3 Å². The molecule has 5 heteroatoms. The zero-order valence-corrected chi connectivity index (χ0v) is 11.8. The van der Waals surface area contributed by atoms with Gasteiger partial charge in [-0.25, -0.2) is 0 Å². The third-order valence-electron chi connectivity index (χ3n) is 3.47. The number of aliphatic hydroxyl groups is 1. The van der Waals surface area contributed by atoms with E-state index in [4.69, 9.17) is 29.6 Å². The number of nitrogens with zero attached hydrogens (tertiary/aromatic N) is 1. The van der Waals surface area contributed by atoms with E-state index in [1.54, 1.807) is 6.07 Å². The van der Waals surface area contributed by atoms with E-state index in [1.807, 2.05) is 19.1 Å². The number of hydrogen-bond donors (Lipinski definition) is 2. The molecule has 3 nitrogen and oxygen atoms in total. The lowest BCUT2D eigenvalue weighted by molar-refractivity contribution is 0.136. The van der Waals surface area contributed by atoms with Crippen LogP contribution in [-0.2, 0) is 0 Å². The van der Waals surface area contributed by atoms with Crippen molar-refractivity contribution < 1.29 is 5.11 Å². The molecule has 1 aliphatic rings. The zero-order valence-electron chi connectivity index (χ0n) is 10.3. The summed E-state index contributed by atoms with van der Waals surface area (Å²) in [5.74, 6) is 0.295. The van der Waals surface area contributed by atoms with Crippen molar-refractivity contribution >= 4 is 34.5 Å². The molecule has 98 valence electrons. The lowest BCUT2D eigenvalue weighted by atomic mass is 10.0. The van der Waals surface area contributed by atoms with Gasteiger partial charge in [-0.1, -0.05) is 23.8 Å². The van der Waals surface area contributed by atoms with Gasteiger partial charge in [0.15, 0.2) is 0 Å². The number of hydrogen-bond acceptors (Lipinski definition) is 3. The molecule has 1 aromatic carbocycles. The van der Waals surface area contributed by atoms with Crippen LogP contribution in [0.15, 0.2) is 18.2 Å². The first-order chi connectivity index (χ1) is 8.49. The highest BCUT2D eigenvalue weighted by Crippen LogP contribution is 2.30. The Hall–Kier alpha value is -0.840. The van der Waals surface area contributed by atoms with Crippen LogP contribution in [0.5, 0.6) is 0 Å². The smallest absolute Gasteiger partial charge is 0.106 e. The first kappa shape index (κ1) is 13.6. The molecular weight excluding hydrogens is 268 g/mol. The Morgan fingerprint density at radius 1 is 1.61 bits per heavy atom. The molecule has 0 amide bonds. The van der Waals surface area contributed by atoms with Crippen molar-refractivity contribution in [1.82, 2.24) is 0 Å². The number of benzene rings is 1. The summed E-state index contributed by atoms with van der Waals surface area (Å²) in [6, 6.07) is 5.54. The summed E-state index contributed by atoms with van der Waals surface area (Å²) >= 11 is 11.1. The fraction of sp³-hybridized carbons (Fsp3) is 0.462. The van der Waals surface area contributed by atoms with Crippen molar-refractivity contribution in [3.8, 4) is 0 Å². The number of rotatable bonds is 3. The molecule has 1 heterocycles. The maximum atomic E-state index is 9.65. The Balaban J connectivity index is 2.28. The van der Waals surface area contributed by atoms with Gasteiger partial charge >= 0.3 is 0 Å². The number of halogens is 1. The van der Waals surface area contributed by atoms with Crippen LogP contribution in [0.1, 0.15) is 18.9 Å². The molecule has 1 aromatic rings. The van der Waals surface area contributed by atoms with Gasteiger partial charge in [-0.3, -0.25) is 0 Å². The summed E-state index contributed by atoms with van der Waals surface area (Å²) in [5, 5.41) is 10.3. The predicted octanol–water partition coefficient (Wildman–Crippen LogP) is 2.18. The maximum absolute atomic E-state index is 9.65. The Kier molecular flexibility index (Phi) is 4.10. The molecule has 0 bridgehead atoms. The topological polar surface area (TPSA) is 49.5 Å². The van der Waals surface area contributed by atoms with Crippen LogP contribution >= 0.6 is 23.8 Å². The van der Waals surface area contributed by atoms with Gasteiger partial charge in [0.25, 0.3) is 0 Å². The molecule has 2 rings (SSSR count). The third-order valence-corrected chi connectivity index (χ3v) is 3.93. The van der Waals surface area contributed by atoms with Crippen LogP contribution < -0.4 is 10.6 Å². The molecule has 18 heavy (non-hydrogen) atoms. The summed E-state index contributed by atoms with van der Waals surface area (Å²) in [6.07, 6.45) is 0.684. The Morgan fingerprint density at radius 2 is 2.33 bits per heavy atom. The fourth-order valence-corrected chi connectivity index (χ4v) is 2.71. The van der Waals surface area contributed by atoms with Crippen molar-refractivity contribution in [1.29, 1.82) is 0 Å². The first-order valence-corrected chi connectivity index (χ1v) is 6.80. The SMILES string of the molecule is CC(O)C1CCN(c2cc(Cl)ccc2C(N)=S)C1. The molecule has 0 saturated carbocycles. The summed E-state index contributed by atoms with van der Waals surface area (Å²) in [6.45, 7) is 3.54. The normalized spacial score (nSPS) is 21.1. The number of anilines is 1. The first-order valence-electron chi connectivity index (χ1n) is 6.01. The minimum absolute atomic E-state index is 0.289. The minimum Gasteiger partial charge on any atom is -0.393 e. The highest BCUT2D eigenvalue weighted by atomic mass is 35.5. The quantitative estimate of drug-likeness (QED) is 0.836. The van der Waals surface area contributed by atoms with Gasteiger partial charge in [0.1, 0.15) is 4.99 Å². The second kappa shape index (κ2) is 5.43. The van der Waals surface area contributed by atoms with E-state index in [9.17, 15) is 5.11 Å². The molecule has 1 saturated heterocycles. The van der Waals surface area contributed by atoms with Crippen LogP contribution in [0.3, 0.4) is 0 Å². The van der Waals surface area contributed by atoms with Crippen molar-refractivity contribution in [3.63, 3.8) is 0 Å². The summed E-state index contributed by atoms with van der Waals surface area (Å²) in [7, 11) is 0. The van der Waals surface area contributed by atoms with E-state index in [-0.39, 0.29) is 6.10 Å². The standard InChI is InChI=1S/C13H17ClN2OS/c1-8(17)9-4-5-16(7-9)12-6-10(14)2-3-11(12)13(15)18/h2-3,6,8-9,17H,4-5,7H2,1H3,(H2,15,18). The monoisotopic (exact) mass is 284 g/mol. The second-order valence-electron chi connectivity index (χ2n) is 4.76. The molecule has 2 atom stereocenters. The average molecular weight is 285 g/mol. The minimum atomic E-state index is -0.289. The molecule has 1 fully saturated rings. The van der Waals surface area contributed by atoms with Crippen LogP contribution in [0.4, 0.5) is 5.69 Å². The lowest BCUT2D eigenvalue weighted by Gasteiger charge is -2.22. The van der Waals surface area contributed by atoms with Gasteiger partial charge in [0, 0.05) is 35.3 Å². The van der Waals surface area contributed by atoms with Crippen LogP contribution in [0.2, 0.25) is 5.02 Å². The largest absolute Gasteiger partial charge is 0.393 e. The van der Waals surface area contributed by atoms with Gasteiger partial charge in [-0.05, 0) is 31.5 Å². The summed E-state index contributed by atoms with van der Waals surface area (Å²) < 4.78 is 0. The average Bonchev–Trinajstić information content (AvgIpc) is 2.77. The molecule has 0 spiro atoms. The van der Waals surface area contributed by atoms with E-state index in [1.165, 1.54) is 0 Å². The zero-order chi connectivity index (χ0) is 13.3. The van der Waals surface area contributed by atoms with Crippen molar-refractivity contribution in [2.75, 3.05) is 18.0 Å². The Labute approximate surface area is 118 Å². The predicted molar refractivity (Wildman–Crippen MR) is 79.3 cm³/mol. The lowest BCUT2D eigenvalue weighted by Crippen LogP contribution is -2.26. The second-order valence-corrected chi connectivity index (χ2v) is 5.64. The fourth-order valence-electron chi connectivity index (χ4n) is 2.37. The van der Waals surface area contributed by atoms with E-state index < -0.39 is 0 Å². The molecular formula is C13H17ClN2OS. The van der Waals surface area contributed by atoms with Crippen LogP contribution in [0.25, 0.3) is 0 Å². The van der Waals surface area contributed by atoms with Crippen molar-refractivity contribution in [2.45, 2.75) is 19.4 Å². The molecule has 3 N–H and O–H groups in total. The van der Waals surface area contributed by atoms with Crippen molar-refractivity contribution in [3.05, 3.63) is 28.8 Å². The van der Waals surface area contributed by atoms with Gasteiger partial charge in [-0.2, -0.15) is 0 Å². The Bertz CT molecular complexity index is 464. The number of thiocarbonyl (C=S) groups is 1. The molecule has 1 aliphatic heterocycles.